The lowest BCUT2D eigenvalue weighted by Crippen LogP contribution is -2.47. The summed E-state index contributed by atoms with van der Waals surface area (Å²) in [6.45, 7) is 21.7. The average molecular weight is 717 g/mol. The van der Waals surface area contributed by atoms with Crippen LogP contribution in [-0.4, -0.2) is 91.8 Å². The molecule has 1 aromatic carbocycles. The van der Waals surface area contributed by atoms with E-state index in [2.05, 4.69) is 51.5 Å². The minimum absolute atomic E-state index is 0.00138. The van der Waals surface area contributed by atoms with Crippen LogP contribution in [-0.2, 0) is 45.3 Å². The molecular weight excluding hydrogens is 663 g/mol. The highest BCUT2D eigenvalue weighted by Crippen LogP contribution is 2.60. The first kappa shape index (κ1) is 36.3. The highest BCUT2D eigenvalue weighted by molar-refractivity contribution is 6.76. The molecule has 1 saturated heterocycles. The minimum Gasteiger partial charge on any atom is -0.379 e. The summed E-state index contributed by atoms with van der Waals surface area (Å²) < 4.78 is 53.4. The van der Waals surface area contributed by atoms with Crippen LogP contribution in [0.15, 0.2) is 6.07 Å². The van der Waals surface area contributed by atoms with Gasteiger partial charge in [-0.1, -0.05) is 46.2 Å². The minimum atomic E-state index is -1.39. The second-order valence-electron chi connectivity index (χ2n) is 17.0. The molecule has 0 radical (unpaired) electrons. The molecule has 0 bridgehead atoms. The standard InChI is InChI=1S/C35H54F2N6O4Si2/c1-23(41-9-11-45-12-10-41)34(44)39-26-18-27-32(30(37)29(26)36)42(21-46-13-15-48(3,4)5)33(38-27)31-25-17-24-19-35(24,2)20-28(25)43(40-31)22-47-14-16-49(6,7)8/h18,23-24H,9-17,19-22H2,1-8H3,(H,39,44)/t23-,24+,35+/m0/s1. The first-order chi connectivity index (χ1) is 23.0. The van der Waals surface area contributed by atoms with E-state index in [1.807, 2.05) is 9.58 Å². The number of ether oxygens (including phenoxy) is 3. The van der Waals surface area contributed by atoms with Crippen LogP contribution < -0.4 is 5.32 Å². The number of anilines is 1. The van der Waals surface area contributed by atoms with Crippen LogP contribution in [0.2, 0.25) is 51.4 Å². The number of rotatable bonds is 14. The molecule has 3 heterocycles. The van der Waals surface area contributed by atoms with E-state index >= 15 is 8.78 Å². The van der Waals surface area contributed by atoms with Crippen LogP contribution in [0, 0.1) is 23.0 Å². The van der Waals surface area contributed by atoms with Crippen LogP contribution >= 0.6 is 0 Å². The lowest BCUT2D eigenvalue weighted by atomic mass is 9.87. The Bertz CT molecular complexity index is 1690. The smallest absolute Gasteiger partial charge is 0.241 e. The molecule has 49 heavy (non-hydrogen) atoms. The molecule has 0 spiro atoms. The Balaban J connectivity index is 1.37. The van der Waals surface area contributed by atoms with Gasteiger partial charge in [0.05, 0.1) is 30.5 Å². The van der Waals surface area contributed by atoms with Crippen molar-refractivity contribution in [1.29, 1.82) is 0 Å². The maximum atomic E-state index is 16.2. The fraction of sp³-hybridized carbons (Fsp3) is 0.686. The molecule has 2 aromatic heterocycles. The van der Waals surface area contributed by atoms with Gasteiger partial charge in [-0.25, -0.2) is 18.4 Å². The lowest BCUT2D eigenvalue weighted by Gasteiger charge is -2.31. The van der Waals surface area contributed by atoms with E-state index in [9.17, 15) is 4.79 Å². The van der Waals surface area contributed by atoms with Crippen LogP contribution in [0.5, 0.6) is 0 Å². The molecule has 270 valence electrons. The second-order valence-corrected chi connectivity index (χ2v) is 28.2. The molecule has 6 rings (SSSR count). The number of nitrogens with one attached hydrogen (secondary N) is 1. The van der Waals surface area contributed by atoms with Crippen molar-refractivity contribution in [2.75, 3.05) is 44.8 Å². The zero-order valence-corrected chi connectivity index (χ0v) is 32.5. The summed E-state index contributed by atoms with van der Waals surface area (Å²) in [5.41, 5.74) is 3.15. The number of amides is 1. The van der Waals surface area contributed by atoms with Crippen molar-refractivity contribution in [2.24, 2.45) is 11.3 Å². The van der Waals surface area contributed by atoms with Crippen molar-refractivity contribution < 1.29 is 27.8 Å². The van der Waals surface area contributed by atoms with Crippen molar-refractivity contribution >= 4 is 38.8 Å². The highest BCUT2D eigenvalue weighted by atomic mass is 28.3. The molecule has 2 aliphatic carbocycles. The SMILES string of the molecule is C[C@@H](C(=O)Nc1cc2nc(-c3nn(COCC[Si](C)(C)C)c4c3C[C@@H]3C[C@]3(C)C4)n(COCC[Si](C)(C)C)c2c(F)c1F)N1CCOCC1. The molecule has 1 N–H and O–H groups in total. The molecule has 1 saturated carbocycles. The summed E-state index contributed by atoms with van der Waals surface area (Å²) in [4.78, 5) is 20.1. The van der Waals surface area contributed by atoms with Gasteiger partial charge in [-0.05, 0) is 55.7 Å². The summed E-state index contributed by atoms with van der Waals surface area (Å²) in [5.74, 6) is -1.62. The van der Waals surface area contributed by atoms with Crippen molar-refractivity contribution in [3.63, 3.8) is 0 Å². The normalized spacial score (nSPS) is 21.9. The van der Waals surface area contributed by atoms with E-state index in [0.717, 1.165) is 42.6 Å². The highest BCUT2D eigenvalue weighted by Gasteiger charge is 2.54. The molecule has 3 atom stereocenters. The number of hydrogen-bond acceptors (Lipinski definition) is 7. The predicted molar refractivity (Wildman–Crippen MR) is 193 cm³/mol. The summed E-state index contributed by atoms with van der Waals surface area (Å²) in [6.07, 6.45) is 2.90. The van der Waals surface area contributed by atoms with Gasteiger partial charge in [0, 0.05) is 53.7 Å². The fourth-order valence-corrected chi connectivity index (χ4v) is 8.47. The van der Waals surface area contributed by atoms with E-state index in [0.29, 0.717) is 63.7 Å². The van der Waals surface area contributed by atoms with Gasteiger partial charge in [0.25, 0.3) is 0 Å². The summed E-state index contributed by atoms with van der Waals surface area (Å²) in [5, 5.41) is 7.71. The first-order valence-corrected chi connectivity index (χ1v) is 25.2. The molecule has 10 nitrogen and oxygen atoms in total. The number of hydrogen-bond donors (Lipinski definition) is 1. The Morgan fingerprint density at radius 2 is 1.71 bits per heavy atom. The van der Waals surface area contributed by atoms with Gasteiger partial charge in [-0.15, -0.1) is 0 Å². The molecule has 3 aromatic rings. The quantitative estimate of drug-likeness (QED) is 0.149. The van der Waals surface area contributed by atoms with E-state index in [-0.39, 0.29) is 28.9 Å². The first-order valence-electron chi connectivity index (χ1n) is 17.8. The van der Waals surface area contributed by atoms with Crippen molar-refractivity contribution in [3.05, 3.63) is 29.0 Å². The van der Waals surface area contributed by atoms with Crippen LogP contribution in [0.4, 0.5) is 14.5 Å². The Kier molecular flexibility index (Phi) is 10.3. The molecule has 3 aliphatic rings. The van der Waals surface area contributed by atoms with E-state index in [4.69, 9.17) is 24.3 Å². The maximum Gasteiger partial charge on any atom is 0.241 e. The zero-order valence-electron chi connectivity index (χ0n) is 30.5. The monoisotopic (exact) mass is 716 g/mol. The largest absolute Gasteiger partial charge is 0.379 e. The lowest BCUT2D eigenvalue weighted by molar-refractivity contribution is -0.122. The van der Waals surface area contributed by atoms with E-state index in [1.165, 1.54) is 6.07 Å². The predicted octanol–water partition coefficient (Wildman–Crippen LogP) is 6.59. The van der Waals surface area contributed by atoms with Crippen LogP contribution in [0.1, 0.15) is 31.5 Å². The van der Waals surface area contributed by atoms with Gasteiger partial charge in [0.2, 0.25) is 5.91 Å². The molecule has 1 amide bonds. The number of morpholine rings is 1. The Hall–Kier alpha value is -2.50. The second kappa shape index (κ2) is 13.9. The fourth-order valence-electron chi connectivity index (χ4n) is 6.95. The third kappa shape index (κ3) is 8.04. The topological polar surface area (TPSA) is 95.7 Å². The number of carbonyl (C=O) groups is 1. The average Bonchev–Trinajstić information content (AvgIpc) is 3.39. The van der Waals surface area contributed by atoms with Crippen molar-refractivity contribution in [2.45, 2.75) is 104 Å². The van der Waals surface area contributed by atoms with Gasteiger partial charge in [-0.3, -0.25) is 14.3 Å². The summed E-state index contributed by atoms with van der Waals surface area (Å²) >= 11 is 0. The van der Waals surface area contributed by atoms with Crippen LogP contribution in [0.3, 0.4) is 0 Å². The number of aromatic nitrogens is 4. The number of imidazole rings is 1. The van der Waals surface area contributed by atoms with E-state index in [1.54, 1.807) is 11.5 Å². The number of benzene rings is 1. The van der Waals surface area contributed by atoms with Gasteiger partial charge in [-0.2, -0.15) is 5.10 Å². The molecule has 1 aliphatic heterocycles. The third-order valence-corrected chi connectivity index (χ3v) is 13.9. The van der Waals surface area contributed by atoms with Crippen LogP contribution in [0.25, 0.3) is 22.6 Å². The van der Waals surface area contributed by atoms with Crippen molar-refractivity contribution in [1.82, 2.24) is 24.2 Å². The van der Waals surface area contributed by atoms with Crippen molar-refractivity contribution in [3.8, 4) is 11.5 Å². The third-order valence-electron chi connectivity index (χ3n) is 10.5. The maximum absolute atomic E-state index is 16.2. The van der Waals surface area contributed by atoms with Gasteiger partial charge < -0.3 is 19.5 Å². The molecule has 2 fully saturated rings. The molecule has 0 unspecified atom stereocenters. The van der Waals surface area contributed by atoms with E-state index < -0.39 is 39.7 Å². The molecular formula is C35H54F2N6O4Si2. The number of halogens is 2. The van der Waals surface area contributed by atoms with Gasteiger partial charge in [0.15, 0.2) is 17.5 Å². The van der Waals surface area contributed by atoms with Gasteiger partial charge >= 0.3 is 0 Å². The number of carbonyl (C=O) groups excluding carboxylic acids is 1. The summed E-state index contributed by atoms with van der Waals surface area (Å²) in [6, 6.07) is 2.89. The number of nitrogens with zero attached hydrogens (tertiary/aromatic N) is 5. The zero-order chi connectivity index (χ0) is 35.3. The molecule has 14 heteroatoms. The Morgan fingerprint density at radius 3 is 2.37 bits per heavy atom. The summed E-state index contributed by atoms with van der Waals surface area (Å²) in [7, 11) is -2.65. The number of fused-ring (bicyclic) bond motifs is 3. The Labute approximate surface area is 290 Å². The Morgan fingerprint density at radius 1 is 1.06 bits per heavy atom. The van der Waals surface area contributed by atoms with Gasteiger partial charge in [0.1, 0.15) is 24.7 Å².